The molecule has 0 saturated heterocycles. The first kappa shape index (κ1) is 17.6. The highest BCUT2D eigenvalue weighted by Gasteiger charge is 2.26. The van der Waals surface area contributed by atoms with E-state index in [1.165, 1.54) is 0 Å². The van der Waals surface area contributed by atoms with E-state index in [4.69, 9.17) is 14.2 Å². The van der Waals surface area contributed by atoms with Crippen LogP contribution in [0.15, 0.2) is 12.1 Å². The molecule has 0 aliphatic carbocycles. The molecule has 0 spiro atoms. The Morgan fingerprint density at radius 1 is 1.00 bits per heavy atom. The monoisotopic (exact) mass is 296 g/mol. The lowest BCUT2D eigenvalue weighted by atomic mass is 9.88. The highest BCUT2D eigenvalue weighted by molar-refractivity contribution is 5.52. The molecule has 0 bridgehead atoms. The Kier molecular flexibility index (Phi) is 7.37. The summed E-state index contributed by atoms with van der Waals surface area (Å²) in [6.45, 7) is 4.26. The Bertz CT molecular complexity index is 406. The van der Waals surface area contributed by atoms with Gasteiger partial charge in [-0.05, 0) is 12.3 Å². The van der Waals surface area contributed by atoms with Crippen LogP contribution in [0.25, 0.3) is 0 Å². The maximum absolute atomic E-state index is 10.8. The quantitative estimate of drug-likeness (QED) is 0.749. The standard InChI is InChI=1S/C17H28O4/c1-6-8-9-12(7-2)17(18)16-14(20-4)10-13(19-3)11-15(16)21-5/h10-12,17-18H,6-9H2,1-5H3. The van der Waals surface area contributed by atoms with Gasteiger partial charge in [0.2, 0.25) is 0 Å². The lowest BCUT2D eigenvalue weighted by Crippen LogP contribution is -2.14. The Morgan fingerprint density at radius 2 is 1.57 bits per heavy atom. The highest BCUT2D eigenvalue weighted by atomic mass is 16.5. The molecule has 2 unspecified atom stereocenters. The van der Waals surface area contributed by atoms with Gasteiger partial charge in [-0.3, -0.25) is 0 Å². The average molecular weight is 296 g/mol. The summed E-state index contributed by atoms with van der Waals surface area (Å²) in [4.78, 5) is 0. The number of methoxy groups -OCH3 is 3. The van der Waals surface area contributed by atoms with E-state index >= 15 is 0 Å². The molecule has 1 rings (SSSR count). The molecular formula is C17H28O4. The second-order valence-corrected chi connectivity index (χ2v) is 5.20. The van der Waals surface area contributed by atoms with Crippen molar-refractivity contribution in [2.24, 2.45) is 5.92 Å². The molecule has 4 nitrogen and oxygen atoms in total. The van der Waals surface area contributed by atoms with Gasteiger partial charge in [-0.25, -0.2) is 0 Å². The topological polar surface area (TPSA) is 47.9 Å². The van der Waals surface area contributed by atoms with E-state index in [1.807, 2.05) is 0 Å². The second kappa shape index (κ2) is 8.78. The summed E-state index contributed by atoms with van der Waals surface area (Å²) < 4.78 is 16.1. The average Bonchev–Trinajstić information content (AvgIpc) is 2.53. The number of unbranched alkanes of at least 4 members (excludes halogenated alkanes) is 1. The third-order valence-corrected chi connectivity index (χ3v) is 3.95. The van der Waals surface area contributed by atoms with E-state index in [9.17, 15) is 5.11 Å². The maximum Gasteiger partial charge on any atom is 0.132 e. The van der Waals surface area contributed by atoms with Crippen molar-refractivity contribution in [1.29, 1.82) is 0 Å². The van der Waals surface area contributed by atoms with Gasteiger partial charge < -0.3 is 19.3 Å². The summed E-state index contributed by atoms with van der Waals surface area (Å²) in [5.74, 6) is 2.06. The molecule has 4 heteroatoms. The van der Waals surface area contributed by atoms with Crippen molar-refractivity contribution in [3.63, 3.8) is 0 Å². The Balaban J connectivity index is 3.18. The highest BCUT2D eigenvalue weighted by Crippen LogP contribution is 2.42. The summed E-state index contributed by atoms with van der Waals surface area (Å²) in [5, 5.41) is 10.8. The smallest absolute Gasteiger partial charge is 0.132 e. The number of ether oxygens (including phenoxy) is 3. The minimum Gasteiger partial charge on any atom is -0.496 e. The van der Waals surface area contributed by atoms with Crippen molar-refractivity contribution < 1.29 is 19.3 Å². The fraction of sp³-hybridized carbons (Fsp3) is 0.647. The van der Waals surface area contributed by atoms with Crippen LogP contribution < -0.4 is 14.2 Å². The molecule has 0 radical (unpaired) electrons. The van der Waals surface area contributed by atoms with Crippen molar-refractivity contribution in [1.82, 2.24) is 0 Å². The summed E-state index contributed by atoms with van der Waals surface area (Å²) in [6, 6.07) is 3.57. The van der Waals surface area contributed by atoms with Gasteiger partial charge in [0.1, 0.15) is 17.2 Å². The zero-order chi connectivity index (χ0) is 15.8. The van der Waals surface area contributed by atoms with Crippen molar-refractivity contribution in [2.75, 3.05) is 21.3 Å². The Morgan fingerprint density at radius 3 is 1.95 bits per heavy atom. The molecule has 1 aromatic carbocycles. The van der Waals surface area contributed by atoms with Crippen LogP contribution in [0.2, 0.25) is 0 Å². The zero-order valence-electron chi connectivity index (χ0n) is 13.8. The summed E-state index contributed by atoms with van der Waals surface area (Å²) in [5.41, 5.74) is 0.712. The molecule has 0 amide bonds. The van der Waals surface area contributed by atoms with Crippen LogP contribution >= 0.6 is 0 Å². The van der Waals surface area contributed by atoms with E-state index in [1.54, 1.807) is 33.5 Å². The first-order valence-corrected chi connectivity index (χ1v) is 7.60. The largest absolute Gasteiger partial charge is 0.496 e. The fourth-order valence-corrected chi connectivity index (χ4v) is 2.61. The number of hydrogen-bond acceptors (Lipinski definition) is 4. The normalized spacial score (nSPS) is 13.6. The van der Waals surface area contributed by atoms with Gasteiger partial charge >= 0.3 is 0 Å². The Labute approximate surface area is 128 Å². The molecule has 1 aromatic rings. The van der Waals surface area contributed by atoms with E-state index in [0.29, 0.717) is 22.8 Å². The van der Waals surface area contributed by atoms with Crippen LogP contribution in [0.5, 0.6) is 17.2 Å². The minimum atomic E-state index is -0.600. The van der Waals surface area contributed by atoms with E-state index in [-0.39, 0.29) is 5.92 Å². The molecule has 21 heavy (non-hydrogen) atoms. The molecule has 0 fully saturated rings. The lowest BCUT2D eigenvalue weighted by molar-refractivity contribution is 0.0933. The second-order valence-electron chi connectivity index (χ2n) is 5.20. The van der Waals surface area contributed by atoms with E-state index < -0.39 is 6.10 Å². The summed E-state index contributed by atoms with van der Waals surface area (Å²) in [7, 11) is 4.79. The van der Waals surface area contributed by atoms with Crippen LogP contribution in [0, 0.1) is 5.92 Å². The van der Waals surface area contributed by atoms with E-state index in [0.717, 1.165) is 25.7 Å². The molecule has 0 aromatic heterocycles. The predicted octanol–water partition coefficient (Wildman–Crippen LogP) is 3.96. The van der Waals surface area contributed by atoms with Gasteiger partial charge in [-0.2, -0.15) is 0 Å². The molecule has 0 heterocycles. The number of rotatable bonds is 9. The van der Waals surface area contributed by atoms with Crippen LogP contribution in [0.4, 0.5) is 0 Å². The third-order valence-electron chi connectivity index (χ3n) is 3.95. The first-order chi connectivity index (χ1) is 10.1. The summed E-state index contributed by atoms with van der Waals surface area (Å²) >= 11 is 0. The van der Waals surface area contributed by atoms with Crippen LogP contribution in [0.1, 0.15) is 51.2 Å². The predicted molar refractivity (Wildman–Crippen MR) is 84.4 cm³/mol. The van der Waals surface area contributed by atoms with Gasteiger partial charge in [0.25, 0.3) is 0 Å². The molecule has 0 saturated carbocycles. The lowest BCUT2D eigenvalue weighted by Gasteiger charge is -2.25. The minimum absolute atomic E-state index is 0.196. The van der Waals surface area contributed by atoms with Gasteiger partial charge in [0.05, 0.1) is 33.0 Å². The molecule has 0 aliphatic rings. The van der Waals surface area contributed by atoms with E-state index in [2.05, 4.69) is 13.8 Å². The van der Waals surface area contributed by atoms with Gasteiger partial charge in [-0.1, -0.05) is 33.1 Å². The van der Waals surface area contributed by atoms with Crippen molar-refractivity contribution >= 4 is 0 Å². The number of hydrogen-bond donors (Lipinski definition) is 1. The van der Waals surface area contributed by atoms with Gasteiger partial charge in [-0.15, -0.1) is 0 Å². The van der Waals surface area contributed by atoms with Crippen molar-refractivity contribution in [3.8, 4) is 17.2 Å². The first-order valence-electron chi connectivity index (χ1n) is 7.60. The molecule has 0 aliphatic heterocycles. The summed E-state index contributed by atoms with van der Waals surface area (Å²) in [6.07, 6.45) is 3.54. The molecule has 1 N–H and O–H groups in total. The SMILES string of the molecule is CCCCC(CC)C(O)c1c(OC)cc(OC)cc1OC. The van der Waals surface area contributed by atoms with Crippen molar-refractivity contribution in [3.05, 3.63) is 17.7 Å². The van der Waals surface area contributed by atoms with Crippen molar-refractivity contribution in [2.45, 2.75) is 45.6 Å². The maximum atomic E-state index is 10.8. The van der Waals surface area contributed by atoms with Gasteiger partial charge in [0.15, 0.2) is 0 Å². The molecular weight excluding hydrogens is 268 g/mol. The van der Waals surface area contributed by atoms with Crippen LogP contribution in [-0.4, -0.2) is 26.4 Å². The van der Waals surface area contributed by atoms with Crippen LogP contribution in [0.3, 0.4) is 0 Å². The molecule has 2 atom stereocenters. The van der Waals surface area contributed by atoms with Crippen LogP contribution in [-0.2, 0) is 0 Å². The van der Waals surface area contributed by atoms with Gasteiger partial charge in [0, 0.05) is 12.1 Å². The third kappa shape index (κ3) is 4.27. The molecule has 120 valence electrons. The Hall–Kier alpha value is -1.42. The zero-order valence-corrected chi connectivity index (χ0v) is 13.8. The number of benzene rings is 1. The number of aliphatic hydroxyl groups is 1. The fourth-order valence-electron chi connectivity index (χ4n) is 2.61. The number of aliphatic hydroxyl groups excluding tert-OH is 1.